The van der Waals surface area contributed by atoms with E-state index in [1.54, 1.807) is 14.2 Å². The first kappa shape index (κ1) is 13.2. The fourth-order valence-electron chi connectivity index (χ4n) is 1.85. The summed E-state index contributed by atoms with van der Waals surface area (Å²) in [5.74, 6) is 1.67. The number of methoxy groups -OCH3 is 2. The number of hydrogen-bond acceptors (Lipinski definition) is 4. The van der Waals surface area contributed by atoms with Crippen LogP contribution in [-0.4, -0.2) is 33.4 Å². The molecule has 1 aliphatic rings. The molecule has 0 unspecified atom stereocenters. The Kier molecular flexibility index (Phi) is 4.84. The van der Waals surface area contributed by atoms with Crippen LogP contribution in [-0.2, 0) is 6.54 Å². The van der Waals surface area contributed by atoms with Gasteiger partial charge in [-0.1, -0.05) is 0 Å². The molecule has 4 heteroatoms. The van der Waals surface area contributed by atoms with E-state index in [0.717, 1.165) is 37.2 Å². The van der Waals surface area contributed by atoms with Crippen molar-refractivity contribution < 1.29 is 9.47 Å². The molecule has 1 aromatic carbocycles. The molecule has 0 spiro atoms. The van der Waals surface area contributed by atoms with E-state index in [-0.39, 0.29) is 0 Å². The number of nitrogens with one attached hydrogen (secondary N) is 2. The van der Waals surface area contributed by atoms with Crippen molar-refractivity contribution in [2.75, 3.05) is 27.3 Å². The van der Waals surface area contributed by atoms with Crippen LogP contribution >= 0.6 is 0 Å². The highest BCUT2D eigenvalue weighted by molar-refractivity contribution is 5.38. The predicted molar refractivity (Wildman–Crippen MR) is 72.3 cm³/mol. The van der Waals surface area contributed by atoms with Crippen LogP contribution in [0.1, 0.15) is 18.4 Å². The Labute approximate surface area is 109 Å². The van der Waals surface area contributed by atoms with E-state index in [2.05, 4.69) is 10.6 Å². The van der Waals surface area contributed by atoms with Gasteiger partial charge in [-0.15, -0.1) is 0 Å². The first-order valence-electron chi connectivity index (χ1n) is 6.48. The van der Waals surface area contributed by atoms with Gasteiger partial charge in [-0.25, -0.2) is 0 Å². The second-order valence-electron chi connectivity index (χ2n) is 4.63. The molecule has 0 bridgehead atoms. The van der Waals surface area contributed by atoms with Crippen molar-refractivity contribution in [1.82, 2.24) is 10.6 Å². The van der Waals surface area contributed by atoms with Gasteiger partial charge in [-0.2, -0.15) is 0 Å². The Bertz CT molecular complexity index is 356. The average molecular weight is 250 g/mol. The minimum atomic E-state index is 0.781. The number of hydrogen-bond donors (Lipinski definition) is 2. The lowest BCUT2D eigenvalue weighted by Crippen LogP contribution is -2.28. The molecule has 0 atom stereocenters. The van der Waals surface area contributed by atoms with Crippen LogP contribution in [0.5, 0.6) is 11.5 Å². The summed E-state index contributed by atoms with van der Waals surface area (Å²) in [6.45, 7) is 2.85. The molecule has 1 fully saturated rings. The van der Waals surface area contributed by atoms with Crippen molar-refractivity contribution in [3.8, 4) is 11.5 Å². The van der Waals surface area contributed by atoms with Gasteiger partial charge in [-0.3, -0.25) is 0 Å². The zero-order valence-corrected chi connectivity index (χ0v) is 11.2. The van der Waals surface area contributed by atoms with E-state index < -0.39 is 0 Å². The lowest BCUT2D eigenvalue weighted by Gasteiger charge is -2.09. The van der Waals surface area contributed by atoms with Crippen molar-refractivity contribution in [3.05, 3.63) is 23.8 Å². The van der Waals surface area contributed by atoms with E-state index in [1.165, 1.54) is 18.4 Å². The normalized spacial score (nSPS) is 14.6. The van der Waals surface area contributed by atoms with Crippen molar-refractivity contribution in [2.45, 2.75) is 25.4 Å². The lowest BCUT2D eigenvalue weighted by molar-refractivity contribution is 0.393. The molecule has 100 valence electrons. The first-order valence-corrected chi connectivity index (χ1v) is 6.48. The highest BCUT2D eigenvalue weighted by Crippen LogP contribution is 2.22. The monoisotopic (exact) mass is 250 g/mol. The fraction of sp³-hybridized carbons (Fsp3) is 0.571. The van der Waals surface area contributed by atoms with Gasteiger partial charge >= 0.3 is 0 Å². The minimum absolute atomic E-state index is 0.781. The van der Waals surface area contributed by atoms with Gasteiger partial charge in [0.1, 0.15) is 11.5 Å². The summed E-state index contributed by atoms with van der Waals surface area (Å²) in [6.07, 6.45) is 2.68. The molecule has 0 aromatic heterocycles. The highest BCUT2D eigenvalue weighted by Gasteiger charge is 2.19. The van der Waals surface area contributed by atoms with Crippen molar-refractivity contribution in [3.63, 3.8) is 0 Å². The maximum absolute atomic E-state index is 5.24. The minimum Gasteiger partial charge on any atom is -0.497 e. The van der Waals surface area contributed by atoms with Gasteiger partial charge in [-0.05, 0) is 30.5 Å². The van der Waals surface area contributed by atoms with Crippen LogP contribution in [0.25, 0.3) is 0 Å². The zero-order valence-electron chi connectivity index (χ0n) is 11.2. The Hall–Kier alpha value is -1.26. The van der Waals surface area contributed by atoms with Gasteiger partial charge in [0, 0.05) is 31.7 Å². The summed E-state index contributed by atoms with van der Waals surface area (Å²) in [6, 6.07) is 6.73. The van der Waals surface area contributed by atoms with Crippen LogP contribution in [0.15, 0.2) is 18.2 Å². The summed E-state index contributed by atoms with van der Waals surface area (Å²) >= 11 is 0. The molecule has 1 saturated carbocycles. The molecule has 1 aromatic rings. The number of ether oxygens (including phenoxy) is 2. The average Bonchev–Trinajstić information content (AvgIpc) is 3.22. The predicted octanol–water partition coefficient (Wildman–Crippen LogP) is 1.55. The Morgan fingerprint density at radius 3 is 2.28 bits per heavy atom. The van der Waals surface area contributed by atoms with E-state index in [1.807, 2.05) is 18.2 Å². The van der Waals surface area contributed by atoms with Gasteiger partial charge in [0.2, 0.25) is 0 Å². The highest BCUT2D eigenvalue weighted by atomic mass is 16.5. The molecule has 0 heterocycles. The van der Waals surface area contributed by atoms with E-state index >= 15 is 0 Å². The Balaban J connectivity index is 1.75. The zero-order chi connectivity index (χ0) is 12.8. The summed E-state index contributed by atoms with van der Waals surface area (Å²) in [4.78, 5) is 0. The molecule has 1 aliphatic carbocycles. The number of rotatable bonds is 8. The first-order chi connectivity index (χ1) is 8.81. The molecule has 0 amide bonds. The molecule has 18 heavy (non-hydrogen) atoms. The molecule has 0 saturated heterocycles. The lowest BCUT2D eigenvalue weighted by atomic mass is 10.2. The van der Waals surface area contributed by atoms with Gasteiger partial charge in [0.05, 0.1) is 14.2 Å². The van der Waals surface area contributed by atoms with Crippen LogP contribution in [0.3, 0.4) is 0 Å². The van der Waals surface area contributed by atoms with E-state index in [9.17, 15) is 0 Å². The molecular formula is C14H22N2O2. The third-order valence-electron chi connectivity index (χ3n) is 3.05. The third kappa shape index (κ3) is 4.20. The SMILES string of the molecule is COc1cc(CNCCNC2CC2)cc(OC)c1. The molecule has 0 radical (unpaired) electrons. The van der Waals surface area contributed by atoms with E-state index in [0.29, 0.717) is 0 Å². The van der Waals surface area contributed by atoms with Crippen molar-refractivity contribution in [1.29, 1.82) is 0 Å². The summed E-state index contributed by atoms with van der Waals surface area (Å²) in [7, 11) is 3.34. The smallest absolute Gasteiger partial charge is 0.122 e. The summed E-state index contributed by atoms with van der Waals surface area (Å²) in [5.41, 5.74) is 1.18. The Morgan fingerprint density at radius 2 is 1.72 bits per heavy atom. The molecule has 4 nitrogen and oxygen atoms in total. The second kappa shape index (κ2) is 6.61. The maximum atomic E-state index is 5.24. The number of benzene rings is 1. The fourth-order valence-corrected chi connectivity index (χ4v) is 1.85. The summed E-state index contributed by atoms with van der Waals surface area (Å²) < 4.78 is 10.5. The molecule has 2 rings (SSSR count). The maximum Gasteiger partial charge on any atom is 0.122 e. The molecule has 0 aliphatic heterocycles. The standard InChI is InChI=1S/C14H22N2O2/c1-17-13-7-11(8-14(9-13)18-2)10-15-5-6-16-12-3-4-12/h7-9,12,15-16H,3-6,10H2,1-2H3. The molecular weight excluding hydrogens is 228 g/mol. The second-order valence-corrected chi connectivity index (χ2v) is 4.63. The van der Waals surface area contributed by atoms with Gasteiger partial charge in [0.25, 0.3) is 0 Å². The van der Waals surface area contributed by atoms with Crippen LogP contribution in [0.4, 0.5) is 0 Å². The van der Waals surface area contributed by atoms with Gasteiger partial charge < -0.3 is 20.1 Å². The summed E-state index contributed by atoms with van der Waals surface area (Å²) in [5, 5.41) is 6.89. The van der Waals surface area contributed by atoms with Crippen molar-refractivity contribution >= 4 is 0 Å². The Morgan fingerprint density at radius 1 is 1.06 bits per heavy atom. The third-order valence-corrected chi connectivity index (χ3v) is 3.05. The van der Waals surface area contributed by atoms with Gasteiger partial charge in [0.15, 0.2) is 0 Å². The van der Waals surface area contributed by atoms with Crippen LogP contribution in [0.2, 0.25) is 0 Å². The topological polar surface area (TPSA) is 42.5 Å². The quantitative estimate of drug-likeness (QED) is 0.687. The largest absolute Gasteiger partial charge is 0.497 e. The van der Waals surface area contributed by atoms with E-state index in [4.69, 9.17) is 9.47 Å². The molecule has 2 N–H and O–H groups in total. The van der Waals surface area contributed by atoms with Crippen LogP contribution in [0, 0.1) is 0 Å². The van der Waals surface area contributed by atoms with Crippen LogP contribution < -0.4 is 20.1 Å². The van der Waals surface area contributed by atoms with Crippen molar-refractivity contribution in [2.24, 2.45) is 0 Å².